The van der Waals surface area contributed by atoms with E-state index in [0.717, 1.165) is 11.1 Å². The van der Waals surface area contributed by atoms with Crippen molar-refractivity contribution in [1.82, 2.24) is 10.2 Å². The molecular formula is C24H32N2O4. The number of aliphatic hydroxyl groups excluding tert-OH is 1. The van der Waals surface area contributed by atoms with Crippen molar-refractivity contribution in [3.05, 3.63) is 71.8 Å². The normalized spacial score (nSPS) is 13.4. The standard InChI is InChI=1S/C24H32N2O4/c1-24(2,3)30-23(29)21(27)16-25-20(15-18-11-7-5-8-12-18)22(28)26(4)17-19-13-9-6-10-14-19/h5-14,20-21,25,27H,15-17H2,1-4H3/t20-,21?/m0/s1. The van der Waals surface area contributed by atoms with Gasteiger partial charge in [0.25, 0.3) is 0 Å². The van der Waals surface area contributed by atoms with Gasteiger partial charge >= 0.3 is 5.97 Å². The van der Waals surface area contributed by atoms with E-state index in [1.54, 1.807) is 32.7 Å². The molecule has 2 atom stereocenters. The molecule has 0 saturated heterocycles. The van der Waals surface area contributed by atoms with Gasteiger partial charge < -0.3 is 20.1 Å². The van der Waals surface area contributed by atoms with Gasteiger partial charge in [-0.05, 0) is 38.3 Å². The Balaban J connectivity index is 2.06. The molecule has 0 aliphatic rings. The summed E-state index contributed by atoms with van der Waals surface area (Å²) in [5.41, 5.74) is 1.33. The molecule has 0 spiro atoms. The van der Waals surface area contributed by atoms with E-state index >= 15 is 0 Å². The number of likely N-dealkylation sites (N-methyl/N-ethyl adjacent to an activating group) is 1. The molecule has 1 amide bonds. The second-order valence-corrected chi connectivity index (χ2v) is 8.38. The number of ether oxygens (including phenoxy) is 1. The number of esters is 1. The highest BCUT2D eigenvalue weighted by molar-refractivity contribution is 5.82. The second-order valence-electron chi connectivity index (χ2n) is 8.38. The van der Waals surface area contributed by atoms with Crippen molar-refractivity contribution in [3.8, 4) is 0 Å². The van der Waals surface area contributed by atoms with Gasteiger partial charge in [-0.1, -0.05) is 60.7 Å². The quantitative estimate of drug-likeness (QED) is 0.619. The van der Waals surface area contributed by atoms with E-state index in [4.69, 9.17) is 4.74 Å². The fourth-order valence-electron chi connectivity index (χ4n) is 3.00. The largest absolute Gasteiger partial charge is 0.458 e. The first-order valence-corrected chi connectivity index (χ1v) is 10.1. The van der Waals surface area contributed by atoms with Gasteiger partial charge in [-0.25, -0.2) is 4.79 Å². The van der Waals surface area contributed by atoms with Gasteiger partial charge in [-0.3, -0.25) is 4.79 Å². The van der Waals surface area contributed by atoms with Gasteiger partial charge in [0.15, 0.2) is 6.10 Å². The van der Waals surface area contributed by atoms with Gasteiger partial charge in [0.2, 0.25) is 5.91 Å². The molecule has 30 heavy (non-hydrogen) atoms. The Hall–Kier alpha value is -2.70. The summed E-state index contributed by atoms with van der Waals surface area (Å²) in [6, 6.07) is 18.8. The van der Waals surface area contributed by atoms with Crippen molar-refractivity contribution >= 4 is 11.9 Å². The van der Waals surface area contributed by atoms with Gasteiger partial charge in [0.1, 0.15) is 5.60 Å². The maximum atomic E-state index is 13.1. The van der Waals surface area contributed by atoms with Crippen LogP contribution < -0.4 is 5.32 Å². The molecule has 0 aliphatic carbocycles. The van der Waals surface area contributed by atoms with E-state index in [2.05, 4.69) is 5.32 Å². The van der Waals surface area contributed by atoms with E-state index < -0.39 is 23.7 Å². The Morgan fingerprint density at radius 2 is 1.53 bits per heavy atom. The zero-order valence-corrected chi connectivity index (χ0v) is 18.2. The minimum absolute atomic E-state index is 0.0721. The van der Waals surface area contributed by atoms with Crippen LogP contribution in [0.3, 0.4) is 0 Å². The fourth-order valence-corrected chi connectivity index (χ4v) is 3.00. The SMILES string of the molecule is CN(Cc1ccccc1)C(=O)[C@H](Cc1ccccc1)NCC(O)C(=O)OC(C)(C)C. The predicted molar refractivity (Wildman–Crippen MR) is 117 cm³/mol. The van der Waals surface area contributed by atoms with Crippen LogP contribution in [0.4, 0.5) is 0 Å². The highest BCUT2D eigenvalue weighted by Gasteiger charge is 2.27. The number of rotatable bonds is 9. The zero-order valence-electron chi connectivity index (χ0n) is 18.2. The maximum absolute atomic E-state index is 13.1. The molecule has 6 heteroatoms. The lowest BCUT2D eigenvalue weighted by Gasteiger charge is -2.26. The minimum Gasteiger partial charge on any atom is -0.458 e. The number of nitrogens with one attached hydrogen (secondary N) is 1. The van der Waals surface area contributed by atoms with Gasteiger partial charge in [-0.2, -0.15) is 0 Å². The van der Waals surface area contributed by atoms with Crippen LogP contribution in [0.15, 0.2) is 60.7 Å². The number of nitrogens with zero attached hydrogens (tertiary/aromatic N) is 1. The van der Waals surface area contributed by atoms with Crippen molar-refractivity contribution in [2.45, 2.75) is 51.5 Å². The third-order valence-corrected chi connectivity index (χ3v) is 4.46. The van der Waals surface area contributed by atoms with E-state index in [0.29, 0.717) is 13.0 Å². The number of carbonyl (C=O) groups is 2. The summed E-state index contributed by atoms with van der Waals surface area (Å²) in [5, 5.41) is 13.2. The molecule has 0 saturated carbocycles. The molecule has 2 N–H and O–H groups in total. The van der Waals surface area contributed by atoms with Crippen LogP contribution in [0.25, 0.3) is 0 Å². The Morgan fingerprint density at radius 1 is 1.00 bits per heavy atom. The van der Waals surface area contributed by atoms with E-state index in [1.807, 2.05) is 60.7 Å². The monoisotopic (exact) mass is 412 g/mol. The lowest BCUT2D eigenvalue weighted by molar-refractivity contribution is -0.165. The first-order valence-electron chi connectivity index (χ1n) is 10.1. The molecule has 0 heterocycles. The molecule has 0 fully saturated rings. The van der Waals surface area contributed by atoms with E-state index in [1.165, 1.54) is 0 Å². The van der Waals surface area contributed by atoms with Crippen molar-refractivity contribution in [1.29, 1.82) is 0 Å². The third kappa shape index (κ3) is 7.97. The van der Waals surface area contributed by atoms with Crippen molar-refractivity contribution in [3.63, 3.8) is 0 Å². The summed E-state index contributed by atoms with van der Waals surface area (Å²) >= 11 is 0. The smallest absolute Gasteiger partial charge is 0.336 e. The number of benzene rings is 2. The highest BCUT2D eigenvalue weighted by atomic mass is 16.6. The van der Waals surface area contributed by atoms with Gasteiger partial charge in [0.05, 0.1) is 6.04 Å². The summed E-state index contributed by atoms with van der Waals surface area (Å²) in [4.78, 5) is 26.8. The van der Waals surface area contributed by atoms with E-state index in [-0.39, 0.29) is 12.5 Å². The average molecular weight is 413 g/mol. The second kappa shape index (κ2) is 10.9. The van der Waals surface area contributed by atoms with Crippen LogP contribution in [0.2, 0.25) is 0 Å². The van der Waals surface area contributed by atoms with Gasteiger partial charge in [0, 0.05) is 20.1 Å². The lowest BCUT2D eigenvalue weighted by Crippen LogP contribution is -2.49. The minimum atomic E-state index is -1.35. The van der Waals surface area contributed by atoms with Crippen molar-refractivity contribution < 1.29 is 19.4 Å². The number of hydrogen-bond acceptors (Lipinski definition) is 5. The van der Waals surface area contributed by atoms with E-state index in [9.17, 15) is 14.7 Å². The Morgan fingerprint density at radius 3 is 2.07 bits per heavy atom. The van der Waals surface area contributed by atoms with Crippen LogP contribution >= 0.6 is 0 Å². The molecule has 0 radical (unpaired) electrons. The molecule has 6 nitrogen and oxygen atoms in total. The topological polar surface area (TPSA) is 78.9 Å². The third-order valence-electron chi connectivity index (χ3n) is 4.46. The predicted octanol–water partition coefficient (Wildman–Crippen LogP) is 2.55. The summed E-state index contributed by atoms with van der Waals surface area (Å²) in [5.74, 6) is -0.822. The molecule has 2 aromatic carbocycles. The van der Waals surface area contributed by atoms with Crippen LogP contribution in [0, 0.1) is 0 Å². The number of aliphatic hydroxyl groups is 1. The van der Waals surface area contributed by atoms with Crippen LogP contribution in [-0.4, -0.2) is 53.2 Å². The zero-order chi connectivity index (χ0) is 22.1. The number of hydrogen-bond donors (Lipinski definition) is 2. The lowest BCUT2D eigenvalue weighted by atomic mass is 10.0. The molecule has 2 aromatic rings. The Bertz CT molecular complexity index is 803. The average Bonchev–Trinajstić information content (AvgIpc) is 2.70. The molecular weight excluding hydrogens is 380 g/mol. The Kier molecular flexibility index (Phi) is 8.57. The van der Waals surface area contributed by atoms with Crippen molar-refractivity contribution in [2.24, 2.45) is 0 Å². The number of carbonyl (C=O) groups excluding carboxylic acids is 2. The Labute approximate surface area is 178 Å². The van der Waals surface area contributed by atoms with Crippen LogP contribution in [-0.2, 0) is 27.3 Å². The summed E-state index contributed by atoms with van der Waals surface area (Å²) in [7, 11) is 1.75. The first-order chi connectivity index (χ1) is 14.2. The number of amides is 1. The summed E-state index contributed by atoms with van der Waals surface area (Å²) in [6.45, 7) is 5.63. The molecule has 1 unspecified atom stereocenters. The molecule has 0 aliphatic heterocycles. The summed E-state index contributed by atoms with van der Waals surface area (Å²) < 4.78 is 5.21. The maximum Gasteiger partial charge on any atom is 0.336 e. The molecule has 0 aromatic heterocycles. The van der Waals surface area contributed by atoms with Crippen molar-refractivity contribution in [2.75, 3.05) is 13.6 Å². The molecule has 162 valence electrons. The molecule has 0 bridgehead atoms. The fraction of sp³-hybridized carbons (Fsp3) is 0.417. The van der Waals surface area contributed by atoms with Gasteiger partial charge in [-0.15, -0.1) is 0 Å². The highest BCUT2D eigenvalue weighted by Crippen LogP contribution is 2.11. The van der Waals surface area contributed by atoms with Crippen LogP contribution in [0.5, 0.6) is 0 Å². The summed E-state index contributed by atoms with van der Waals surface area (Å²) in [6.07, 6.45) is -0.908. The van der Waals surface area contributed by atoms with Crippen LogP contribution in [0.1, 0.15) is 31.9 Å². The first kappa shape index (κ1) is 23.6. The molecule has 2 rings (SSSR count).